The monoisotopic (exact) mass is 577 g/mol. The summed E-state index contributed by atoms with van der Waals surface area (Å²) in [7, 11) is -0.234. The van der Waals surface area contributed by atoms with E-state index in [9.17, 15) is 8.76 Å². The van der Waals surface area contributed by atoms with E-state index >= 15 is 0 Å². The average Bonchev–Trinajstić information content (AvgIpc) is 3.59. The van der Waals surface area contributed by atoms with Gasteiger partial charge in [0.15, 0.2) is 4.96 Å². The second-order valence-electron chi connectivity index (χ2n) is 9.41. The Balaban J connectivity index is 1.27. The van der Waals surface area contributed by atoms with E-state index in [1.807, 2.05) is 46.3 Å². The molecule has 1 aliphatic heterocycles. The number of hydrogen-bond acceptors (Lipinski definition) is 8. The maximum Gasteiger partial charge on any atom is 0.325 e. The van der Waals surface area contributed by atoms with Gasteiger partial charge >= 0.3 is 10.4 Å². The molecule has 2 N–H and O–H groups in total. The molecular weight excluding hydrogens is 548 g/mol. The lowest BCUT2D eigenvalue weighted by Crippen LogP contribution is -2.47. The molecule has 0 bridgehead atoms. The predicted octanol–water partition coefficient (Wildman–Crippen LogP) is 5.36. The number of ether oxygens (including phenoxy) is 2. The second-order valence-corrected chi connectivity index (χ2v) is 12.3. The molecule has 2 unspecified atom stereocenters. The van der Waals surface area contributed by atoms with Crippen molar-refractivity contribution in [2.24, 2.45) is 0 Å². The molecule has 40 heavy (non-hydrogen) atoms. The smallest absolute Gasteiger partial charge is 0.325 e. The molecule has 1 aliphatic rings. The molecule has 0 aliphatic carbocycles. The molecule has 206 valence electrons. The molecule has 0 spiro atoms. The van der Waals surface area contributed by atoms with Crippen LogP contribution in [0.3, 0.4) is 0 Å². The summed E-state index contributed by atoms with van der Waals surface area (Å²) in [5.74, 6) is 1.75. The first-order valence-electron chi connectivity index (χ1n) is 12.8. The van der Waals surface area contributed by atoms with E-state index in [4.69, 9.17) is 19.4 Å². The molecule has 5 aromatic rings. The quantitative estimate of drug-likeness (QED) is 0.237. The largest absolute Gasteiger partial charge is 0.497 e. The Kier molecular flexibility index (Phi) is 7.24. The first-order valence-corrected chi connectivity index (χ1v) is 15.2. The van der Waals surface area contributed by atoms with Gasteiger partial charge in [0.2, 0.25) is 10.8 Å². The van der Waals surface area contributed by atoms with E-state index in [2.05, 4.69) is 10.3 Å². The Morgan fingerprint density at radius 1 is 1.07 bits per heavy atom. The second kappa shape index (κ2) is 11.0. The van der Waals surface area contributed by atoms with E-state index in [1.54, 1.807) is 60.3 Å². The van der Waals surface area contributed by atoms with E-state index in [0.717, 1.165) is 46.2 Å². The summed E-state index contributed by atoms with van der Waals surface area (Å²) in [5, 5.41) is 5.40. The van der Waals surface area contributed by atoms with Crippen LogP contribution in [0.4, 0.5) is 5.95 Å². The molecule has 2 aromatic carbocycles. The van der Waals surface area contributed by atoms with Crippen LogP contribution in [0.2, 0.25) is 0 Å². The number of anilines is 1. The fourth-order valence-electron chi connectivity index (χ4n) is 4.95. The summed E-state index contributed by atoms with van der Waals surface area (Å²) in [6, 6.07) is 16.3. The highest BCUT2D eigenvalue weighted by Gasteiger charge is 2.41. The van der Waals surface area contributed by atoms with Crippen LogP contribution >= 0.6 is 11.3 Å². The highest BCUT2D eigenvalue weighted by Crippen LogP contribution is 2.35. The molecule has 12 heteroatoms. The third-order valence-electron chi connectivity index (χ3n) is 6.92. The molecule has 0 radical (unpaired) electrons. The predicted molar refractivity (Wildman–Crippen MR) is 156 cm³/mol. The van der Waals surface area contributed by atoms with Crippen molar-refractivity contribution in [2.45, 2.75) is 23.8 Å². The molecule has 2 atom stereocenters. The van der Waals surface area contributed by atoms with Crippen molar-refractivity contribution >= 4 is 32.6 Å². The van der Waals surface area contributed by atoms with Gasteiger partial charge in [0.05, 0.1) is 32.2 Å². The first-order chi connectivity index (χ1) is 19.5. The molecule has 10 nitrogen and oxygen atoms in total. The average molecular weight is 578 g/mol. The summed E-state index contributed by atoms with van der Waals surface area (Å²) in [6.45, 7) is 0.887. The highest BCUT2D eigenvalue weighted by atomic mass is 32.3. The minimum Gasteiger partial charge on any atom is -0.497 e. The summed E-state index contributed by atoms with van der Waals surface area (Å²) in [5.41, 5.74) is 3.31. The third kappa shape index (κ3) is 5.06. The van der Waals surface area contributed by atoms with Crippen molar-refractivity contribution in [3.8, 4) is 34.1 Å². The standard InChI is InChI=1S/C28H28N6O4S2/c1-37-21-8-3-6-19(16-21)25-26(34-14-15-39-28(34)32-25)24-11-12-29-27(31-24)30-20-7-5-13-33(18-20)40(35,36)23-10-4-9-22(17-23)38-2/h3-4,6,8-12,14-17,20H,5,7,13,18H2,1-2H3,(H-,29,30,31,35,36)/p+1. The Bertz CT molecular complexity index is 1700. The fraction of sp³-hybridized carbons (Fsp3) is 0.250. The van der Waals surface area contributed by atoms with E-state index in [1.165, 1.54) is 0 Å². The highest BCUT2D eigenvalue weighted by molar-refractivity contribution is 7.95. The Hall–Kier alpha value is -3.84. The van der Waals surface area contributed by atoms with Crippen LogP contribution in [0.15, 0.2) is 77.3 Å². The van der Waals surface area contributed by atoms with Crippen LogP contribution in [-0.4, -0.2) is 61.6 Å². The van der Waals surface area contributed by atoms with Crippen molar-refractivity contribution in [1.82, 2.24) is 23.7 Å². The van der Waals surface area contributed by atoms with Gasteiger partial charge in [-0.15, -0.1) is 11.3 Å². The number of aromatic nitrogens is 4. The number of nitrogens with zero attached hydrogens (tertiary/aromatic N) is 5. The van der Waals surface area contributed by atoms with Crippen LogP contribution in [0.25, 0.3) is 27.6 Å². The number of piperidine rings is 1. The Labute approximate surface area is 237 Å². The lowest BCUT2D eigenvalue weighted by Gasteiger charge is -2.30. The maximum atomic E-state index is 13.5. The zero-order chi connectivity index (χ0) is 27.7. The van der Waals surface area contributed by atoms with Gasteiger partial charge in [-0.2, -0.15) is 4.55 Å². The van der Waals surface area contributed by atoms with Gasteiger partial charge in [0.1, 0.15) is 17.2 Å². The zero-order valence-electron chi connectivity index (χ0n) is 22.1. The number of imidazole rings is 1. The fourth-order valence-corrected chi connectivity index (χ4v) is 7.24. The third-order valence-corrected chi connectivity index (χ3v) is 9.58. The minimum absolute atomic E-state index is 0.105. The van der Waals surface area contributed by atoms with Crippen molar-refractivity contribution < 1.29 is 18.2 Å². The molecule has 1 saturated heterocycles. The van der Waals surface area contributed by atoms with Crippen LogP contribution < -0.4 is 14.8 Å². The van der Waals surface area contributed by atoms with Crippen molar-refractivity contribution in [3.05, 3.63) is 72.4 Å². The van der Waals surface area contributed by atoms with Crippen LogP contribution in [0.1, 0.15) is 12.8 Å². The van der Waals surface area contributed by atoms with Gasteiger partial charge in [-0.25, -0.2) is 15.0 Å². The molecule has 0 saturated carbocycles. The summed E-state index contributed by atoms with van der Waals surface area (Å²) in [6.07, 6.45) is 5.29. The van der Waals surface area contributed by atoms with Gasteiger partial charge in [0, 0.05) is 42.0 Å². The van der Waals surface area contributed by atoms with Gasteiger partial charge in [-0.3, -0.25) is 4.40 Å². The normalized spacial score (nSPS) is 17.4. The summed E-state index contributed by atoms with van der Waals surface area (Å²) in [4.78, 5) is 15.4. The molecule has 0 amide bonds. The number of thiazole rings is 1. The zero-order valence-corrected chi connectivity index (χ0v) is 23.7. The van der Waals surface area contributed by atoms with Gasteiger partial charge in [0.25, 0.3) is 0 Å². The molecule has 4 heterocycles. The summed E-state index contributed by atoms with van der Waals surface area (Å²) < 4.78 is 38.9. The lowest BCUT2D eigenvalue weighted by molar-refractivity contribution is 0.301. The van der Waals surface area contributed by atoms with Gasteiger partial charge < -0.3 is 14.8 Å². The van der Waals surface area contributed by atoms with Gasteiger partial charge in [-0.05, 0) is 47.4 Å². The van der Waals surface area contributed by atoms with Gasteiger partial charge in [-0.1, -0.05) is 22.5 Å². The Morgan fingerprint density at radius 3 is 2.70 bits per heavy atom. The van der Waals surface area contributed by atoms with E-state index < -0.39 is 10.4 Å². The number of fused-ring (bicyclic) bond motifs is 1. The lowest BCUT2D eigenvalue weighted by atomic mass is 10.1. The van der Waals surface area contributed by atoms with Crippen LogP contribution in [0, 0.1) is 0 Å². The molecule has 1 fully saturated rings. The first kappa shape index (κ1) is 26.4. The number of benzene rings is 2. The van der Waals surface area contributed by atoms with E-state index in [-0.39, 0.29) is 6.04 Å². The molecular formula is C28H29N6O4S2+. The number of rotatable bonds is 8. The minimum atomic E-state index is -3.42. The number of hydrogen-bond donors (Lipinski definition) is 2. The SMILES string of the molecule is COc1cccc(-c2nc3sccn3c2-c2ccnc(NC3CCCN([S+](=O)(O)c4cccc(OC)c4)C3)n2)c1. The van der Waals surface area contributed by atoms with Crippen LogP contribution in [-0.2, 0) is 14.6 Å². The van der Waals surface area contributed by atoms with Crippen molar-refractivity contribution in [1.29, 1.82) is 0 Å². The number of methoxy groups -OCH3 is 2. The molecule has 6 rings (SSSR count). The van der Waals surface area contributed by atoms with Crippen LogP contribution in [0.5, 0.6) is 11.5 Å². The topological polar surface area (TPSA) is 114 Å². The Morgan fingerprint density at radius 2 is 1.88 bits per heavy atom. The van der Waals surface area contributed by atoms with Crippen molar-refractivity contribution in [3.63, 3.8) is 0 Å². The number of nitrogens with one attached hydrogen (secondary N) is 1. The summed E-state index contributed by atoms with van der Waals surface area (Å²) >= 11 is 1.55. The van der Waals surface area contributed by atoms with Crippen molar-refractivity contribution in [2.75, 3.05) is 32.6 Å². The maximum absolute atomic E-state index is 13.5. The van der Waals surface area contributed by atoms with E-state index in [0.29, 0.717) is 29.7 Å². The molecule has 3 aromatic heterocycles.